The molecular weight excluding hydrogens is 622 g/mol. The Balaban J connectivity index is 1.81. The molecule has 0 saturated heterocycles. The number of benzene rings is 2. The predicted octanol–water partition coefficient (Wildman–Crippen LogP) is 1.21. The number of nitrogens with one attached hydrogen (secondary N) is 4. The maximum Gasteiger partial charge on any atom is 0.243 e. The van der Waals surface area contributed by atoms with Crippen LogP contribution in [-0.2, 0) is 38.6 Å². The molecule has 0 aliphatic heterocycles. The third kappa shape index (κ3) is 14.2. The molecule has 1 aromatic heterocycles. The lowest BCUT2D eigenvalue weighted by molar-refractivity contribution is -0.134. The Kier molecular flexibility index (Phi) is 14.9. The summed E-state index contributed by atoms with van der Waals surface area (Å²) in [7, 11) is 0. The van der Waals surface area contributed by atoms with Gasteiger partial charge in [0.25, 0.3) is 0 Å². The van der Waals surface area contributed by atoms with E-state index < -0.39 is 47.8 Å². The van der Waals surface area contributed by atoms with E-state index in [0.717, 1.165) is 17.5 Å². The number of aromatic nitrogens is 1. The normalized spacial score (nSPS) is 13.7. The highest BCUT2D eigenvalue weighted by Crippen LogP contribution is 2.09. The second kappa shape index (κ2) is 20.8. The van der Waals surface area contributed by atoms with Crippen LogP contribution in [0.2, 0.25) is 2.82 Å². The first-order valence-corrected chi connectivity index (χ1v) is 16.5. The number of unbranched alkanes of at least 4 members (excludes halogenated alkanes) is 1. The van der Waals surface area contributed by atoms with E-state index in [1.807, 2.05) is 43.3 Å². The lowest BCUT2D eigenvalue weighted by Gasteiger charge is -2.26. The highest BCUT2D eigenvalue weighted by Gasteiger charge is 2.30. The number of hydrogen-bond acceptors (Lipinski definition) is 7. The number of pyridine rings is 1. The molecule has 2 aromatic carbocycles. The van der Waals surface area contributed by atoms with Crippen molar-refractivity contribution < 1.29 is 22.0 Å². The van der Waals surface area contributed by atoms with Crippen LogP contribution in [0.25, 0.3) is 0 Å². The third-order valence-corrected chi connectivity index (χ3v) is 7.71. The number of nitrogens with zero attached hydrogens (tertiary/aromatic N) is 2. The summed E-state index contributed by atoms with van der Waals surface area (Å²) in [5, 5.41) is 9.00. The predicted molar refractivity (Wildman–Crippen MR) is 190 cm³/mol. The molecule has 0 aliphatic carbocycles. The van der Waals surface area contributed by atoms with Gasteiger partial charge in [-0.05, 0) is 54.5 Å². The standard InChI is InChI=1S/C36H49N9O4/c1-2-3-15-30(34(48)43-29(16-10-19-41-36(38)39)33(47)42-24-27-17-20-40-21-18-27)44-35(49)31(23-26-13-8-5-9-14-26)45-32(46)28(37)22-25-11-6-4-7-12-25/h4-9,11-14,17-18,20-21,28-31H,2-3,10,15-16,19,22-24,37H2,1H3,(H,42,47)(H,43,48)(H,44,49)(H,45,46)(H4,38,39,41)/t28-,29-,30+,31+/m1/s1/i/hD2. The van der Waals surface area contributed by atoms with Gasteiger partial charge in [0.05, 0.1) is 6.04 Å². The van der Waals surface area contributed by atoms with Crippen molar-refractivity contribution in [3.63, 3.8) is 0 Å². The van der Waals surface area contributed by atoms with Crippen molar-refractivity contribution in [1.82, 2.24) is 26.2 Å². The summed E-state index contributed by atoms with van der Waals surface area (Å²) < 4.78 is 16.6. The van der Waals surface area contributed by atoms with Crippen LogP contribution < -0.4 is 38.5 Å². The van der Waals surface area contributed by atoms with E-state index in [1.54, 1.807) is 48.8 Å². The third-order valence-electron chi connectivity index (χ3n) is 7.71. The molecule has 4 amide bonds. The summed E-state index contributed by atoms with van der Waals surface area (Å²) in [5.74, 6) is -2.59. The van der Waals surface area contributed by atoms with Gasteiger partial charge >= 0.3 is 0 Å². The van der Waals surface area contributed by atoms with Crippen LogP contribution in [0.3, 0.4) is 0 Å². The lowest BCUT2D eigenvalue weighted by Crippen LogP contribution is -2.58. The van der Waals surface area contributed by atoms with Crippen LogP contribution in [0.4, 0.5) is 0 Å². The van der Waals surface area contributed by atoms with Gasteiger partial charge in [-0.15, -0.1) is 0 Å². The molecule has 0 aliphatic rings. The van der Waals surface area contributed by atoms with Gasteiger partial charge in [0.1, 0.15) is 19.5 Å². The number of aliphatic imine (C=N–C) groups is 1. The van der Waals surface area contributed by atoms with Crippen molar-refractivity contribution in [2.75, 3.05) is 6.54 Å². The van der Waals surface area contributed by atoms with Crippen molar-refractivity contribution in [3.05, 3.63) is 102 Å². The summed E-state index contributed by atoms with van der Waals surface area (Å²) in [4.78, 5) is 62.7. The zero-order chi connectivity index (χ0) is 37.0. The molecule has 49 heavy (non-hydrogen) atoms. The van der Waals surface area contributed by atoms with Crippen LogP contribution >= 0.6 is 0 Å². The first-order valence-electron chi connectivity index (χ1n) is 17.5. The molecule has 13 heteroatoms. The van der Waals surface area contributed by atoms with Crippen LogP contribution in [0.5, 0.6) is 0 Å². The Labute approximate surface area is 290 Å². The molecule has 0 saturated carbocycles. The number of nitrogens with two attached hydrogens (primary N) is 3. The Morgan fingerprint density at radius 3 is 1.92 bits per heavy atom. The molecule has 3 rings (SSSR count). The van der Waals surface area contributed by atoms with Crippen LogP contribution in [-0.4, -0.2) is 65.3 Å². The zero-order valence-electron chi connectivity index (χ0n) is 29.9. The maximum atomic E-state index is 14.0. The van der Waals surface area contributed by atoms with Gasteiger partial charge in [-0.25, -0.2) is 0 Å². The molecule has 1 heterocycles. The van der Waals surface area contributed by atoms with E-state index >= 15 is 0 Å². The van der Waals surface area contributed by atoms with E-state index in [2.05, 4.69) is 31.7 Å². The molecule has 0 fully saturated rings. The fourth-order valence-electron chi connectivity index (χ4n) is 5.02. The van der Waals surface area contributed by atoms with Gasteiger partial charge in [0, 0.05) is 31.9 Å². The highest BCUT2D eigenvalue weighted by molar-refractivity contribution is 5.95. The summed E-state index contributed by atoms with van der Waals surface area (Å²) in [6.45, 7) is 2.40. The molecule has 10 N–H and O–H groups in total. The molecule has 0 bridgehead atoms. The average molecular weight is 674 g/mol. The van der Waals surface area contributed by atoms with E-state index in [9.17, 15) is 19.2 Å². The van der Waals surface area contributed by atoms with Crippen LogP contribution in [0.15, 0.2) is 90.2 Å². The van der Waals surface area contributed by atoms with Gasteiger partial charge < -0.3 is 38.5 Å². The molecule has 0 spiro atoms. The van der Waals surface area contributed by atoms with Crippen molar-refractivity contribution in [1.29, 1.82) is 0 Å². The molecule has 0 unspecified atom stereocenters. The number of carbonyl (C=O) groups excluding carboxylic acids is 4. The fraction of sp³-hybridized carbons (Fsp3) is 0.389. The first-order chi connectivity index (χ1) is 24.6. The lowest BCUT2D eigenvalue weighted by atomic mass is 10.0. The Morgan fingerprint density at radius 1 is 0.755 bits per heavy atom. The van der Waals surface area contributed by atoms with Gasteiger partial charge in [-0.3, -0.25) is 29.2 Å². The molecule has 13 nitrogen and oxygen atoms in total. The van der Waals surface area contributed by atoms with Crippen molar-refractivity contribution in [3.8, 4) is 0 Å². The highest BCUT2D eigenvalue weighted by atomic mass is 16.2. The van der Waals surface area contributed by atoms with Crippen molar-refractivity contribution >= 4 is 29.6 Å². The SMILES string of the molecule is [2H]N[C@H](Cc1ccccc1)C(=O)N([2H])[C@@H](Cc1ccccc1)C(=O)N[C@@H](CCCC)C(=O)N[C@H](CCCN=C(N)N)C(=O)NCc1ccncc1. The quantitative estimate of drug-likeness (QED) is 0.0494. The number of carbonyl (C=O) groups is 4. The fourth-order valence-corrected chi connectivity index (χ4v) is 5.02. The minimum atomic E-state index is -1.33. The van der Waals surface area contributed by atoms with Crippen LogP contribution in [0, 0.1) is 0 Å². The number of rotatable bonds is 21. The maximum absolute atomic E-state index is 14.0. The van der Waals surface area contributed by atoms with Gasteiger partial charge in [0.2, 0.25) is 23.6 Å². The second-order valence-corrected chi connectivity index (χ2v) is 11.7. The van der Waals surface area contributed by atoms with Gasteiger partial charge in [-0.2, -0.15) is 0 Å². The minimum absolute atomic E-state index is 0.00901. The van der Waals surface area contributed by atoms with E-state index in [1.165, 1.54) is 0 Å². The van der Waals surface area contributed by atoms with E-state index in [0.29, 0.717) is 23.7 Å². The Hall–Kier alpha value is -5.30. The van der Waals surface area contributed by atoms with E-state index in [-0.39, 0.29) is 44.7 Å². The average Bonchev–Trinajstić information content (AvgIpc) is 3.15. The van der Waals surface area contributed by atoms with E-state index in [4.69, 9.17) is 14.3 Å². The smallest absolute Gasteiger partial charge is 0.243 e. The first kappa shape index (κ1) is 35.0. The summed E-state index contributed by atoms with van der Waals surface area (Å²) in [6.07, 6.45) is 5.51. The Morgan fingerprint density at radius 2 is 1.33 bits per heavy atom. The van der Waals surface area contributed by atoms with Gasteiger partial charge in [0.15, 0.2) is 7.37 Å². The topological polar surface area (TPSA) is 220 Å². The molecule has 262 valence electrons. The molecule has 3 aromatic rings. The summed E-state index contributed by atoms with van der Waals surface area (Å²) in [5.41, 5.74) is 15.4. The number of guanidine groups is 1. The largest absolute Gasteiger partial charge is 0.370 e. The van der Waals surface area contributed by atoms with Crippen molar-refractivity contribution in [2.24, 2.45) is 22.2 Å². The monoisotopic (exact) mass is 673 g/mol. The molecular formula is C36H49N9O4. The number of amides is 4. The second-order valence-electron chi connectivity index (χ2n) is 11.7. The molecule has 0 radical (unpaired) electrons. The summed E-state index contributed by atoms with van der Waals surface area (Å²) >= 11 is 0. The Bertz CT molecular complexity index is 1550. The summed E-state index contributed by atoms with van der Waals surface area (Å²) in [6, 6.07) is 17.1. The van der Waals surface area contributed by atoms with Gasteiger partial charge in [-0.1, -0.05) is 80.4 Å². The minimum Gasteiger partial charge on any atom is -0.370 e. The van der Waals surface area contributed by atoms with Crippen molar-refractivity contribution in [2.45, 2.75) is 82.6 Å². The zero-order valence-corrected chi connectivity index (χ0v) is 27.9. The number of hydrogen-bond donors (Lipinski definition) is 7. The van der Waals surface area contributed by atoms with Crippen LogP contribution in [0.1, 0.15) is 55.7 Å². The molecule has 4 atom stereocenters.